The lowest BCUT2D eigenvalue weighted by Crippen LogP contribution is -2.17. The lowest BCUT2D eigenvalue weighted by Gasteiger charge is -2.34. The molecule has 1 aliphatic heterocycles. The predicted octanol–water partition coefficient (Wildman–Crippen LogP) is 13.9. The molecule has 1 aliphatic rings. The van der Waals surface area contributed by atoms with Crippen molar-refractivity contribution in [1.29, 1.82) is 0 Å². The van der Waals surface area contributed by atoms with E-state index in [1.54, 1.807) is 0 Å². The lowest BCUT2D eigenvalue weighted by molar-refractivity contribution is 0.477. The van der Waals surface area contributed by atoms with Gasteiger partial charge in [0, 0.05) is 49.0 Å². The molecule has 0 unspecified atom stereocenters. The van der Waals surface area contributed by atoms with Crippen LogP contribution in [0, 0.1) is 0 Å². The van der Waals surface area contributed by atoms with Gasteiger partial charge in [0.2, 0.25) is 0 Å². The van der Waals surface area contributed by atoms with Crippen LogP contribution in [-0.4, -0.2) is 0 Å². The Labute approximate surface area is 294 Å². The summed E-state index contributed by atoms with van der Waals surface area (Å²) in [7, 11) is 0. The third-order valence-corrected chi connectivity index (χ3v) is 10.7. The van der Waals surface area contributed by atoms with Gasteiger partial charge in [-0.15, -0.1) is 11.3 Å². The Morgan fingerprint density at radius 3 is 2.06 bits per heavy atom. The molecule has 50 heavy (non-hydrogen) atoms. The van der Waals surface area contributed by atoms with Crippen molar-refractivity contribution >= 4 is 76.4 Å². The summed E-state index contributed by atoms with van der Waals surface area (Å²) in [5.74, 6) is 1.64. The minimum absolute atomic E-state index is 0.808. The van der Waals surface area contributed by atoms with Crippen LogP contribution in [0.5, 0.6) is 11.5 Å². The van der Waals surface area contributed by atoms with Crippen LogP contribution >= 0.6 is 11.3 Å². The van der Waals surface area contributed by atoms with E-state index in [2.05, 4.69) is 186 Å². The van der Waals surface area contributed by atoms with Gasteiger partial charge in [0.25, 0.3) is 0 Å². The van der Waals surface area contributed by atoms with Crippen LogP contribution < -0.4 is 14.5 Å². The van der Waals surface area contributed by atoms with Gasteiger partial charge < -0.3 is 14.5 Å². The second kappa shape index (κ2) is 11.7. The molecule has 0 amide bonds. The van der Waals surface area contributed by atoms with E-state index in [-0.39, 0.29) is 0 Å². The SMILES string of the molecule is c1ccc(-c2cccc(N(c3ccc4c(c3)Oc3ccccc3N4c3ccc4c(c3)sc3ccccc34)c3ccc4ccccc4c3)c2)cc1. The monoisotopic (exact) mass is 658 g/mol. The Morgan fingerprint density at radius 2 is 1.12 bits per heavy atom. The number of hydrogen-bond acceptors (Lipinski definition) is 4. The highest BCUT2D eigenvalue weighted by Crippen LogP contribution is 2.53. The van der Waals surface area contributed by atoms with Crippen molar-refractivity contribution in [3.05, 3.63) is 182 Å². The number of hydrogen-bond donors (Lipinski definition) is 0. The van der Waals surface area contributed by atoms with E-state index in [9.17, 15) is 0 Å². The molecule has 2 heterocycles. The van der Waals surface area contributed by atoms with Gasteiger partial charge in [-0.05, 0) is 88.6 Å². The molecule has 0 fully saturated rings. The first-order valence-corrected chi connectivity index (χ1v) is 17.7. The van der Waals surface area contributed by atoms with Crippen molar-refractivity contribution in [2.24, 2.45) is 0 Å². The number of anilines is 6. The highest BCUT2D eigenvalue weighted by atomic mass is 32.1. The third kappa shape index (κ3) is 4.80. The summed E-state index contributed by atoms with van der Waals surface area (Å²) in [6, 6.07) is 64.9. The number of rotatable bonds is 5. The summed E-state index contributed by atoms with van der Waals surface area (Å²) < 4.78 is 9.30. The molecule has 10 rings (SSSR count). The Hall–Kier alpha value is -6.36. The van der Waals surface area contributed by atoms with Crippen LogP contribution in [0.4, 0.5) is 34.1 Å². The van der Waals surface area contributed by atoms with Crippen LogP contribution in [0.25, 0.3) is 42.1 Å². The molecule has 0 atom stereocenters. The first-order chi connectivity index (χ1) is 24.8. The zero-order valence-corrected chi connectivity index (χ0v) is 27.8. The summed E-state index contributed by atoms with van der Waals surface area (Å²) in [5.41, 5.74) is 8.66. The summed E-state index contributed by atoms with van der Waals surface area (Å²) in [5, 5.41) is 5.00. The second-order valence-electron chi connectivity index (χ2n) is 12.6. The molecular formula is C46H30N2OS. The van der Waals surface area contributed by atoms with E-state index < -0.39 is 0 Å². The van der Waals surface area contributed by atoms with Gasteiger partial charge in [-0.1, -0.05) is 109 Å². The number of para-hydroxylation sites is 2. The molecule has 0 spiro atoms. The molecule has 9 aromatic rings. The highest BCUT2D eigenvalue weighted by Gasteiger charge is 2.27. The van der Waals surface area contributed by atoms with Crippen molar-refractivity contribution in [1.82, 2.24) is 0 Å². The van der Waals surface area contributed by atoms with Crippen molar-refractivity contribution in [3.63, 3.8) is 0 Å². The predicted molar refractivity (Wildman–Crippen MR) is 212 cm³/mol. The van der Waals surface area contributed by atoms with E-state index in [0.717, 1.165) is 45.6 Å². The first-order valence-electron chi connectivity index (χ1n) is 16.8. The maximum atomic E-state index is 6.72. The van der Waals surface area contributed by atoms with Gasteiger partial charge in [-0.25, -0.2) is 0 Å². The zero-order chi connectivity index (χ0) is 33.0. The number of benzene rings is 8. The molecule has 0 N–H and O–H groups in total. The van der Waals surface area contributed by atoms with Gasteiger partial charge in [0.1, 0.15) is 0 Å². The molecule has 1 aromatic heterocycles. The molecule has 4 heteroatoms. The van der Waals surface area contributed by atoms with E-state index in [4.69, 9.17) is 4.74 Å². The first kappa shape index (κ1) is 28.6. The number of nitrogens with zero attached hydrogens (tertiary/aromatic N) is 2. The molecule has 8 aromatic carbocycles. The average Bonchev–Trinajstić information content (AvgIpc) is 3.55. The van der Waals surface area contributed by atoms with Crippen LogP contribution in [0.1, 0.15) is 0 Å². The van der Waals surface area contributed by atoms with Crippen molar-refractivity contribution < 1.29 is 4.74 Å². The van der Waals surface area contributed by atoms with E-state index in [1.165, 1.54) is 42.1 Å². The number of ether oxygens (including phenoxy) is 1. The van der Waals surface area contributed by atoms with Gasteiger partial charge >= 0.3 is 0 Å². The normalized spacial score (nSPS) is 12.1. The molecule has 3 nitrogen and oxygen atoms in total. The minimum Gasteiger partial charge on any atom is -0.453 e. The standard InChI is InChI=1S/C46H30N2OS/c1-2-11-31(12-3-1)34-15-10-16-35(27-34)47(36-22-21-32-13-4-5-14-33(32)28-36)37-24-26-42-44(29-37)49-43-19-8-7-18-41(43)48(42)38-23-25-40-39-17-6-9-20-45(39)50-46(40)30-38/h1-30H. The van der Waals surface area contributed by atoms with Crippen molar-refractivity contribution in [2.45, 2.75) is 0 Å². The Kier molecular flexibility index (Phi) is 6.68. The fraction of sp³-hybridized carbons (Fsp3) is 0. The summed E-state index contributed by atoms with van der Waals surface area (Å²) >= 11 is 1.84. The second-order valence-corrected chi connectivity index (χ2v) is 13.7. The van der Waals surface area contributed by atoms with Crippen LogP contribution in [0.2, 0.25) is 0 Å². The van der Waals surface area contributed by atoms with Crippen molar-refractivity contribution in [2.75, 3.05) is 9.80 Å². The molecule has 0 bridgehead atoms. The lowest BCUT2D eigenvalue weighted by atomic mass is 10.0. The largest absolute Gasteiger partial charge is 0.453 e. The van der Waals surface area contributed by atoms with Crippen molar-refractivity contribution in [3.8, 4) is 22.6 Å². The average molecular weight is 659 g/mol. The smallest absolute Gasteiger partial charge is 0.153 e. The number of fused-ring (bicyclic) bond motifs is 6. The van der Waals surface area contributed by atoms with Gasteiger partial charge in [0.05, 0.1) is 11.4 Å². The molecule has 0 radical (unpaired) electrons. The third-order valence-electron chi connectivity index (χ3n) is 9.59. The Bertz CT molecular complexity index is 2720. The van der Waals surface area contributed by atoms with Gasteiger partial charge in [-0.2, -0.15) is 0 Å². The molecule has 0 aliphatic carbocycles. The fourth-order valence-corrected chi connectivity index (χ4v) is 8.37. The topological polar surface area (TPSA) is 15.7 Å². The number of thiophene rings is 1. The van der Waals surface area contributed by atoms with E-state index >= 15 is 0 Å². The van der Waals surface area contributed by atoms with Gasteiger partial charge in [0.15, 0.2) is 11.5 Å². The Balaban J connectivity index is 1.14. The van der Waals surface area contributed by atoms with Crippen LogP contribution in [0.3, 0.4) is 0 Å². The maximum Gasteiger partial charge on any atom is 0.153 e. The zero-order valence-electron chi connectivity index (χ0n) is 27.0. The Morgan fingerprint density at radius 1 is 0.420 bits per heavy atom. The van der Waals surface area contributed by atoms with E-state index in [1.807, 2.05) is 17.4 Å². The molecule has 236 valence electrons. The summed E-state index contributed by atoms with van der Waals surface area (Å²) in [6.07, 6.45) is 0. The van der Waals surface area contributed by atoms with Crippen LogP contribution in [0.15, 0.2) is 182 Å². The maximum absolute atomic E-state index is 6.72. The summed E-state index contributed by atoms with van der Waals surface area (Å²) in [4.78, 5) is 4.66. The highest BCUT2D eigenvalue weighted by molar-refractivity contribution is 7.25. The fourth-order valence-electron chi connectivity index (χ4n) is 7.23. The minimum atomic E-state index is 0.808. The quantitative estimate of drug-likeness (QED) is 0.183. The molecule has 0 saturated carbocycles. The van der Waals surface area contributed by atoms with Gasteiger partial charge in [-0.3, -0.25) is 0 Å². The molecular weight excluding hydrogens is 629 g/mol. The summed E-state index contributed by atoms with van der Waals surface area (Å²) in [6.45, 7) is 0. The van der Waals surface area contributed by atoms with E-state index in [0.29, 0.717) is 0 Å². The molecule has 0 saturated heterocycles. The van der Waals surface area contributed by atoms with Crippen LogP contribution in [-0.2, 0) is 0 Å².